The highest BCUT2D eigenvalue weighted by molar-refractivity contribution is 4.82. The molecule has 1 saturated heterocycles. The minimum atomic E-state index is 0.631. The highest BCUT2D eigenvalue weighted by Crippen LogP contribution is 2.13. The van der Waals surface area contributed by atoms with Crippen LogP contribution < -0.4 is 5.32 Å². The Hall–Kier alpha value is -0.120. The van der Waals surface area contributed by atoms with Gasteiger partial charge >= 0.3 is 0 Å². The molecule has 0 aromatic rings. The maximum Gasteiger partial charge on any atom is 0.0593 e. The molecule has 1 heterocycles. The van der Waals surface area contributed by atoms with Crippen LogP contribution in [0.1, 0.15) is 34.1 Å². The topological polar surface area (TPSA) is 24.5 Å². The minimum Gasteiger partial charge on any atom is -0.380 e. The first-order chi connectivity index (χ1) is 7.65. The van der Waals surface area contributed by atoms with Crippen LogP contribution in [-0.2, 0) is 4.74 Å². The van der Waals surface area contributed by atoms with E-state index in [9.17, 15) is 0 Å². The molecule has 1 aliphatic heterocycles. The monoisotopic (exact) mass is 228 g/mol. The summed E-state index contributed by atoms with van der Waals surface area (Å²) in [6.45, 7) is 14.1. The fourth-order valence-electron chi connectivity index (χ4n) is 2.24. The standard InChI is InChI=1S/C13H28N2O/c1-5-16-9-8-15-10-13(11(2)3)14-7-6-12(15)4/h11-14H,5-10H2,1-4H3. The fourth-order valence-corrected chi connectivity index (χ4v) is 2.24. The van der Waals surface area contributed by atoms with E-state index in [1.54, 1.807) is 0 Å². The molecule has 16 heavy (non-hydrogen) atoms. The maximum atomic E-state index is 5.46. The lowest BCUT2D eigenvalue weighted by molar-refractivity contribution is 0.0940. The summed E-state index contributed by atoms with van der Waals surface area (Å²) < 4.78 is 5.46. The van der Waals surface area contributed by atoms with Crippen molar-refractivity contribution in [2.24, 2.45) is 5.92 Å². The molecule has 1 aliphatic rings. The van der Waals surface area contributed by atoms with E-state index in [1.807, 2.05) is 0 Å². The van der Waals surface area contributed by atoms with Gasteiger partial charge in [-0.25, -0.2) is 0 Å². The van der Waals surface area contributed by atoms with Crippen molar-refractivity contribution >= 4 is 0 Å². The second-order valence-electron chi connectivity index (χ2n) is 5.13. The first kappa shape index (κ1) is 13.9. The Morgan fingerprint density at radius 2 is 2.19 bits per heavy atom. The van der Waals surface area contributed by atoms with Crippen molar-refractivity contribution in [1.82, 2.24) is 10.2 Å². The summed E-state index contributed by atoms with van der Waals surface area (Å²) in [5, 5.41) is 3.65. The number of nitrogens with one attached hydrogen (secondary N) is 1. The summed E-state index contributed by atoms with van der Waals surface area (Å²) in [5.41, 5.74) is 0. The van der Waals surface area contributed by atoms with E-state index in [-0.39, 0.29) is 0 Å². The third kappa shape index (κ3) is 4.40. The highest BCUT2D eigenvalue weighted by atomic mass is 16.5. The van der Waals surface area contributed by atoms with Gasteiger partial charge in [0.15, 0.2) is 0 Å². The lowest BCUT2D eigenvalue weighted by atomic mass is 10.0. The minimum absolute atomic E-state index is 0.631. The summed E-state index contributed by atoms with van der Waals surface area (Å²) >= 11 is 0. The molecule has 3 nitrogen and oxygen atoms in total. The van der Waals surface area contributed by atoms with Gasteiger partial charge < -0.3 is 10.1 Å². The Balaban J connectivity index is 2.43. The zero-order valence-electron chi connectivity index (χ0n) is 11.3. The predicted molar refractivity (Wildman–Crippen MR) is 68.8 cm³/mol. The largest absolute Gasteiger partial charge is 0.380 e. The Morgan fingerprint density at radius 1 is 1.44 bits per heavy atom. The van der Waals surface area contributed by atoms with Gasteiger partial charge in [0.1, 0.15) is 0 Å². The maximum absolute atomic E-state index is 5.46. The van der Waals surface area contributed by atoms with Gasteiger partial charge in [-0.2, -0.15) is 0 Å². The molecule has 0 bridgehead atoms. The Bertz CT molecular complexity index is 185. The molecular formula is C13H28N2O. The second kappa shape index (κ2) is 7.25. The van der Waals surface area contributed by atoms with Gasteiger partial charge in [-0.1, -0.05) is 13.8 Å². The Kier molecular flexibility index (Phi) is 6.32. The average molecular weight is 228 g/mol. The normalized spacial score (nSPS) is 28.3. The summed E-state index contributed by atoms with van der Waals surface area (Å²) in [7, 11) is 0. The van der Waals surface area contributed by atoms with E-state index < -0.39 is 0 Å². The SMILES string of the molecule is CCOCCN1CC(C(C)C)NCCC1C. The first-order valence-electron chi connectivity index (χ1n) is 6.70. The fraction of sp³-hybridized carbons (Fsp3) is 1.00. The van der Waals surface area contributed by atoms with Crippen molar-refractivity contribution in [3.8, 4) is 0 Å². The van der Waals surface area contributed by atoms with Gasteiger partial charge in [-0.15, -0.1) is 0 Å². The third-order valence-corrected chi connectivity index (χ3v) is 3.55. The van der Waals surface area contributed by atoms with Gasteiger partial charge in [-0.05, 0) is 32.7 Å². The van der Waals surface area contributed by atoms with Crippen LogP contribution in [-0.4, -0.2) is 49.8 Å². The highest BCUT2D eigenvalue weighted by Gasteiger charge is 2.24. The smallest absolute Gasteiger partial charge is 0.0593 e. The number of hydrogen-bond acceptors (Lipinski definition) is 3. The Labute approximate surface area is 101 Å². The van der Waals surface area contributed by atoms with Crippen molar-refractivity contribution in [3.63, 3.8) is 0 Å². The van der Waals surface area contributed by atoms with Crippen molar-refractivity contribution in [2.75, 3.05) is 32.8 Å². The van der Waals surface area contributed by atoms with Crippen molar-refractivity contribution in [3.05, 3.63) is 0 Å². The summed E-state index contributed by atoms with van der Waals surface area (Å²) in [4.78, 5) is 2.57. The molecule has 1 rings (SSSR count). The molecular weight excluding hydrogens is 200 g/mol. The van der Waals surface area contributed by atoms with Crippen LogP contribution in [0.15, 0.2) is 0 Å². The molecule has 0 amide bonds. The molecule has 0 aromatic carbocycles. The molecule has 2 unspecified atom stereocenters. The van der Waals surface area contributed by atoms with E-state index in [1.165, 1.54) is 6.42 Å². The van der Waals surface area contributed by atoms with Crippen molar-refractivity contribution < 1.29 is 4.74 Å². The average Bonchev–Trinajstić information content (AvgIpc) is 2.42. The van der Waals surface area contributed by atoms with Crippen molar-refractivity contribution in [1.29, 1.82) is 0 Å². The van der Waals surface area contributed by atoms with Gasteiger partial charge in [-0.3, -0.25) is 4.90 Å². The number of nitrogens with zero attached hydrogens (tertiary/aromatic N) is 1. The first-order valence-corrected chi connectivity index (χ1v) is 6.70. The van der Waals surface area contributed by atoms with Crippen LogP contribution in [0.25, 0.3) is 0 Å². The molecule has 3 heteroatoms. The van der Waals surface area contributed by atoms with E-state index >= 15 is 0 Å². The van der Waals surface area contributed by atoms with Crippen molar-refractivity contribution in [2.45, 2.75) is 46.2 Å². The van der Waals surface area contributed by atoms with E-state index in [0.29, 0.717) is 18.0 Å². The summed E-state index contributed by atoms with van der Waals surface area (Å²) in [6, 6.07) is 1.31. The molecule has 1 N–H and O–H groups in total. The number of hydrogen-bond donors (Lipinski definition) is 1. The molecule has 0 aromatic heterocycles. The number of ether oxygens (including phenoxy) is 1. The van der Waals surface area contributed by atoms with Crippen LogP contribution in [0, 0.1) is 5.92 Å². The number of rotatable bonds is 5. The van der Waals surface area contributed by atoms with Crippen LogP contribution in [0.5, 0.6) is 0 Å². The molecule has 2 atom stereocenters. The van der Waals surface area contributed by atoms with Crippen LogP contribution in [0.2, 0.25) is 0 Å². The lowest BCUT2D eigenvalue weighted by Crippen LogP contribution is -2.44. The van der Waals surface area contributed by atoms with Gasteiger partial charge in [0, 0.05) is 31.8 Å². The Morgan fingerprint density at radius 3 is 2.81 bits per heavy atom. The lowest BCUT2D eigenvalue weighted by Gasteiger charge is -2.30. The van der Waals surface area contributed by atoms with E-state index in [4.69, 9.17) is 4.74 Å². The van der Waals surface area contributed by atoms with Crippen LogP contribution >= 0.6 is 0 Å². The van der Waals surface area contributed by atoms with E-state index in [0.717, 1.165) is 32.8 Å². The summed E-state index contributed by atoms with van der Waals surface area (Å²) in [5.74, 6) is 0.708. The van der Waals surface area contributed by atoms with Crippen LogP contribution in [0.3, 0.4) is 0 Å². The zero-order chi connectivity index (χ0) is 12.0. The molecule has 0 radical (unpaired) electrons. The van der Waals surface area contributed by atoms with Gasteiger partial charge in [0.2, 0.25) is 0 Å². The molecule has 96 valence electrons. The quantitative estimate of drug-likeness (QED) is 0.725. The zero-order valence-corrected chi connectivity index (χ0v) is 11.3. The third-order valence-electron chi connectivity index (χ3n) is 3.55. The molecule has 0 aliphatic carbocycles. The summed E-state index contributed by atoms with van der Waals surface area (Å²) in [6.07, 6.45) is 1.25. The van der Waals surface area contributed by atoms with Gasteiger partial charge in [0.05, 0.1) is 6.61 Å². The predicted octanol–water partition coefficient (Wildman–Crippen LogP) is 1.73. The van der Waals surface area contributed by atoms with Gasteiger partial charge in [0.25, 0.3) is 0 Å². The molecule has 1 fully saturated rings. The van der Waals surface area contributed by atoms with Crippen LogP contribution in [0.4, 0.5) is 0 Å². The molecule has 0 spiro atoms. The molecule has 0 saturated carbocycles. The van der Waals surface area contributed by atoms with E-state index in [2.05, 4.69) is 37.9 Å². The second-order valence-corrected chi connectivity index (χ2v) is 5.13.